The molecule has 0 aliphatic heterocycles. The Morgan fingerprint density at radius 2 is 1.74 bits per heavy atom. The fraction of sp³-hybridized carbons (Fsp3) is 0.292. The highest BCUT2D eigenvalue weighted by atomic mass is 16.5. The molecule has 0 amide bonds. The molecule has 1 aliphatic rings. The Morgan fingerprint density at radius 1 is 0.968 bits per heavy atom. The molecular formula is C24H24N4O3. The lowest BCUT2D eigenvalue weighted by Gasteiger charge is -2.26. The predicted molar refractivity (Wildman–Crippen MR) is 119 cm³/mol. The van der Waals surface area contributed by atoms with E-state index in [1.54, 1.807) is 20.4 Å². The largest absolute Gasteiger partial charge is 0.497 e. The molecule has 1 fully saturated rings. The van der Waals surface area contributed by atoms with Crippen molar-refractivity contribution in [3.8, 4) is 23.0 Å². The maximum atomic E-state index is 5.51. The topological polar surface area (TPSA) is 73.5 Å². The zero-order chi connectivity index (χ0) is 21.4. The summed E-state index contributed by atoms with van der Waals surface area (Å²) in [7, 11) is 3.34. The molecule has 0 N–H and O–H groups in total. The molecule has 31 heavy (non-hydrogen) atoms. The van der Waals surface area contributed by atoms with Crippen molar-refractivity contribution in [1.82, 2.24) is 15.0 Å². The quantitative estimate of drug-likeness (QED) is 0.412. The molecule has 2 heterocycles. The fourth-order valence-electron chi connectivity index (χ4n) is 3.69. The molecule has 7 heteroatoms. The van der Waals surface area contributed by atoms with E-state index in [0.29, 0.717) is 17.4 Å². The van der Waals surface area contributed by atoms with Gasteiger partial charge in [0.1, 0.15) is 17.2 Å². The van der Waals surface area contributed by atoms with Crippen LogP contribution in [0.5, 0.6) is 11.5 Å². The van der Waals surface area contributed by atoms with Gasteiger partial charge in [-0.1, -0.05) is 0 Å². The normalized spacial score (nSPS) is 13.4. The number of hydrogen-bond acceptors (Lipinski definition) is 7. The van der Waals surface area contributed by atoms with Crippen LogP contribution in [-0.4, -0.2) is 35.7 Å². The summed E-state index contributed by atoms with van der Waals surface area (Å²) in [6, 6.07) is 12.1. The van der Waals surface area contributed by atoms with Gasteiger partial charge in [0.2, 0.25) is 0 Å². The highest BCUT2D eigenvalue weighted by Gasteiger charge is 2.26. The van der Waals surface area contributed by atoms with Gasteiger partial charge >= 0.3 is 0 Å². The molecule has 7 nitrogen and oxygen atoms in total. The lowest BCUT2D eigenvalue weighted by atomic mass is 10.1. The van der Waals surface area contributed by atoms with E-state index in [0.717, 1.165) is 46.1 Å². The van der Waals surface area contributed by atoms with Gasteiger partial charge in [0.15, 0.2) is 12.2 Å². The molecule has 0 bridgehead atoms. The van der Waals surface area contributed by atoms with Crippen LogP contribution in [0.3, 0.4) is 0 Å². The van der Waals surface area contributed by atoms with Crippen LogP contribution in [0.1, 0.15) is 18.5 Å². The third-order valence-corrected chi connectivity index (χ3v) is 5.60. The minimum Gasteiger partial charge on any atom is -0.497 e. The molecule has 2 aromatic heterocycles. The lowest BCUT2D eigenvalue weighted by molar-refractivity contribution is 0.394. The number of methoxy groups -OCH3 is 2. The first-order chi connectivity index (χ1) is 15.1. The second kappa shape index (κ2) is 7.91. The van der Waals surface area contributed by atoms with Gasteiger partial charge in [0, 0.05) is 36.1 Å². The zero-order valence-corrected chi connectivity index (χ0v) is 17.8. The fourth-order valence-corrected chi connectivity index (χ4v) is 3.69. The minimum absolute atomic E-state index is 0.646. The molecule has 0 unspecified atom stereocenters. The third-order valence-electron chi connectivity index (χ3n) is 5.60. The number of fused-ring (bicyclic) bond motifs is 1. The third kappa shape index (κ3) is 3.91. The van der Waals surface area contributed by atoms with E-state index < -0.39 is 0 Å². The van der Waals surface area contributed by atoms with Crippen molar-refractivity contribution in [2.24, 2.45) is 5.92 Å². The average molecular weight is 416 g/mol. The predicted octanol–water partition coefficient (Wildman–Crippen LogP) is 5.16. The number of aryl methyl sites for hydroxylation is 1. The lowest BCUT2D eigenvalue weighted by Crippen LogP contribution is -2.20. The Hall–Kier alpha value is -3.61. The number of rotatable bonds is 7. The van der Waals surface area contributed by atoms with E-state index in [2.05, 4.69) is 27.0 Å². The Labute approximate surface area is 180 Å². The van der Waals surface area contributed by atoms with Crippen LogP contribution in [0.15, 0.2) is 53.4 Å². The molecule has 4 aromatic rings. The maximum absolute atomic E-state index is 5.51. The first-order valence-corrected chi connectivity index (χ1v) is 10.3. The van der Waals surface area contributed by atoms with Gasteiger partial charge in [-0.25, -0.2) is 9.97 Å². The van der Waals surface area contributed by atoms with Crippen LogP contribution in [0.4, 0.5) is 11.4 Å². The number of ether oxygens (including phenoxy) is 2. The monoisotopic (exact) mass is 416 g/mol. The van der Waals surface area contributed by atoms with Crippen LogP contribution in [0.25, 0.3) is 22.5 Å². The van der Waals surface area contributed by atoms with Crippen LogP contribution >= 0.6 is 0 Å². The molecule has 2 aromatic carbocycles. The van der Waals surface area contributed by atoms with Gasteiger partial charge in [-0.05, 0) is 43.9 Å². The molecule has 1 saturated carbocycles. The summed E-state index contributed by atoms with van der Waals surface area (Å²) >= 11 is 0. The van der Waals surface area contributed by atoms with Gasteiger partial charge in [-0.3, -0.25) is 4.98 Å². The van der Waals surface area contributed by atoms with Crippen molar-refractivity contribution < 1.29 is 13.9 Å². The number of nitrogens with zero attached hydrogens (tertiary/aromatic N) is 4. The van der Waals surface area contributed by atoms with Gasteiger partial charge in [0.25, 0.3) is 0 Å². The molecule has 5 rings (SSSR count). The van der Waals surface area contributed by atoms with Crippen molar-refractivity contribution in [2.75, 3.05) is 25.7 Å². The summed E-state index contributed by atoms with van der Waals surface area (Å²) in [6.45, 7) is 2.82. The van der Waals surface area contributed by atoms with Gasteiger partial charge < -0.3 is 18.8 Å². The molecule has 1 aliphatic carbocycles. The second-order valence-electron chi connectivity index (χ2n) is 7.82. The summed E-state index contributed by atoms with van der Waals surface area (Å²) < 4.78 is 16.5. The Kier molecular flexibility index (Phi) is 4.94. The van der Waals surface area contributed by atoms with Crippen LogP contribution in [0.2, 0.25) is 0 Å². The number of aromatic nitrogens is 3. The van der Waals surface area contributed by atoms with E-state index in [4.69, 9.17) is 18.9 Å². The smallest absolute Gasteiger partial charge is 0.181 e. The first-order valence-electron chi connectivity index (χ1n) is 10.3. The van der Waals surface area contributed by atoms with E-state index in [9.17, 15) is 0 Å². The zero-order valence-electron chi connectivity index (χ0n) is 17.8. The van der Waals surface area contributed by atoms with Crippen molar-refractivity contribution in [2.45, 2.75) is 19.8 Å². The molecule has 0 atom stereocenters. The van der Waals surface area contributed by atoms with Crippen LogP contribution in [0, 0.1) is 12.8 Å². The van der Waals surface area contributed by atoms with Crippen molar-refractivity contribution in [3.05, 3.63) is 54.7 Å². The number of benzene rings is 2. The number of oxazole rings is 1. The second-order valence-corrected chi connectivity index (χ2v) is 7.82. The first kappa shape index (κ1) is 19.4. The maximum Gasteiger partial charge on any atom is 0.181 e. The van der Waals surface area contributed by atoms with Crippen LogP contribution in [-0.2, 0) is 0 Å². The Bertz CT molecular complexity index is 1210. The molecule has 158 valence electrons. The molecule has 0 radical (unpaired) electrons. The number of anilines is 2. The highest BCUT2D eigenvalue weighted by Crippen LogP contribution is 2.38. The van der Waals surface area contributed by atoms with E-state index in [-0.39, 0.29) is 0 Å². The molecule has 0 spiro atoms. The average Bonchev–Trinajstić information content (AvgIpc) is 3.53. The van der Waals surface area contributed by atoms with Crippen molar-refractivity contribution in [3.63, 3.8) is 0 Å². The molecule has 0 saturated heterocycles. The van der Waals surface area contributed by atoms with Gasteiger partial charge in [0.05, 0.1) is 37.1 Å². The van der Waals surface area contributed by atoms with E-state index in [1.165, 1.54) is 19.2 Å². The molecular weight excluding hydrogens is 392 g/mol. The van der Waals surface area contributed by atoms with E-state index >= 15 is 0 Å². The van der Waals surface area contributed by atoms with Crippen molar-refractivity contribution >= 4 is 22.4 Å². The standard InChI is InChI=1S/C24H24N4O3/c1-15-24(31-14-26-15)23-12-25-21-7-6-17(10-22(21)27-23)28(13-16-4-5-16)18-8-19(29-2)11-20(9-18)30-3/h6-12,14,16H,4-5,13H2,1-3H3. The summed E-state index contributed by atoms with van der Waals surface area (Å²) in [5.41, 5.74) is 5.19. The summed E-state index contributed by atoms with van der Waals surface area (Å²) in [4.78, 5) is 15.8. The Morgan fingerprint density at radius 3 is 2.39 bits per heavy atom. The summed E-state index contributed by atoms with van der Waals surface area (Å²) in [5, 5.41) is 0. The van der Waals surface area contributed by atoms with Gasteiger partial charge in [-0.15, -0.1) is 0 Å². The van der Waals surface area contributed by atoms with Gasteiger partial charge in [-0.2, -0.15) is 0 Å². The van der Waals surface area contributed by atoms with Crippen LogP contribution < -0.4 is 14.4 Å². The Balaban J connectivity index is 1.59. The highest BCUT2D eigenvalue weighted by molar-refractivity contribution is 5.82. The van der Waals surface area contributed by atoms with Crippen molar-refractivity contribution in [1.29, 1.82) is 0 Å². The van der Waals surface area contributed by atoms with E-state index in [1.807, 2.05) is 31.2 Å². The summed E-state index contributed by atoms with van der Waals surface area (Å²) in [6.07, 6.45) is 5.66. The minimum atomic E-state index is 0.646. The SMILES string of the molecule is COc1cc(OC)cc(N(CC2CC2)c2ccc3ncc(-c4ocnc4C)nc3c2)c1. The summed E-state index contributed by atoms with van der Waals surface area (Å²) in [5.74, 6) is 2.85. The number of hydrogen-bond donors (Lipinski definition) is 0.